The lowest BCUT2D eigenvalue weighted by atomic mass is 10.2. The van der Waals surface area contributed by atoms with Crippen molar-refractivity contribution in [2.24, 2.45) is 0 Å². The molecule has 0 aliphatic rings. The Balaban J connectivity index is 1.46. The third-order valence-corrected chi connectivity index (χ3v) is 4.26. The summed E-state index contributed by atoms with van der Waals surface area (Å²) in [5.41, 5.74) is 1.61. The maximum absolute atomic E-state index is 12.0. The van der Waals surface area contributed by atoms with Crippen molar-refractivity contribution < 1.29 is 18.0 Å². The maximum Gasteiger partial charge on any atom is 0.250 e. The van der Waals surface area contributed by atoms with Crippen molar-refractivity contribution in [1.82, 2.24) is 20.0 Å². The lowest BCUT2D eigenvalue weighted by Gasteiger charge is -2.07. The van der Waals surface area contributed by atoms with Gasteiger partial charge in [-0.3, -0.25) is 0 Å². The Labute approximate surface area is 174 Å². The monoisotopic (exact) mass is 414 g/mol. The van der Waals surface area contributed by atoms with E-state index >= 15 is 0 Å². The van der Waals surface area contributed by atoms with Crippen molar-refractivity contribution in [2.75, 3.05) is 19.7 Å². The van der Waals surface area contributed by atoms with E-state index in [0.29, 0.717) is 37.6 Å². The standard InChI is InChI=1S/C22H24F2N4O2/c1-2-22-26-11-12-28(22)16-18-14-20(30-27-18)9-6-17-4-7-19(8-5-17)29-13-3-10-25-15-21(23)24/h4-5,7-8,11-12,14,21,25H,2-3,10,13,15-16H2,1H3. The fraction of sp³-hybridized carbons (Fsp3) is 0.364. The minimum absolute atomic E-state index is 0.288. The van der Waals surface area contributed by atoms with Crippen LogP contribution in [0.15, 0.2) is 47.2 Å². The molecule has 1 N–H and O–H groups in total. The van der Waals surface area contributed by atoms with Crippen molar-refractivity contribution in [3.63, 3.8) is 0 Å². The minimum atomic E-state index is -2.33. The van der Waals surface area contributed by atoms with Crippen LogP contribution in [0, 0.1) is 11.8 Å². The fourth-order valence-electron chi connectivity index (χ4n) is 2.78. The maximum atomic E-state index is 12.0. The highest BCUT2D eigenvalue weighted by Crippen LogP contribution is 2.12. The van der Waals surface area contributed by atoms with Gasteiger partial charge in [-0.25, -0.2) is 13.8 Å². The number of benzene rings is 1. The predicted octanol–water partition coefficient (Wildman–Crippen LogP) is 3.51. The number of ether oxygens (including phenoxy) is 1. The van der Waals surface area contributed by atoms with Crippen molar-refractivity contribution in [1.29, 1.82) is 0 Å². The van der Waals surface area contributed by atoms with Gasteiger partial charge in [-0.2, -0.15) is 0 Å². The number of alkyl halides is 2. The Kier molecular flexibility index (Phi) is 7.98. The van der Waals surface area contributed by atoms with Crippen LogP contribution in [0.2, 0.25) is 0 Å². The Morgan fingerprint density at radius 1 is 1.23 bits per heavy atom. The Hall–Kier alpha value is -3.18. The number of rotatable bonds is 10. The molecule has 0 bridgehead atoms. The Morgan fingerprint density at radius 2 is 2.07 bits per heavy atom. The van der Waals surface area contributed by atoms with E-state index in [9.17, 15) is 8.78 Å². The van der Waals surface area contributed by atoms with Gasteiger partial charge in [0.15, 0.2) is 0 Å². The molecular weight excluding hydrogens is 390 g/mol. The largest absolute Gasteiger partial charge is 0.494 e. The molecular formula is C22H24F2N4O2. The average Bonchev–Trinajstić information content (AvgIpc) is 3.39. The molecule has 0 saturated heterocycles. The number of aromatic nitrogens is 3. The van der Waals surface area contributed by atoms with Gasteiger partial charge in [0.1, 0.15) is 17.3 Å². The van der Waals surface area contributed by atoms with Gasteiger partial charge in [0.05, 0.1) is 19.7 Å². The van der Waals surface area contributed by atoms with Gasteiger partial charge in [0.25, 0.3) is 6.43 Å². The van der Waals surface area contributed by atoms with E-state index in [2.05, 4.69) is 34.2 Å². The van der Waals surface area contributed by atoms with Gasteiger partial charge in [-0.1, -0.05) is 18.0 Å². The van der Waals surface area contributed by atoms with E-state index in [1.807, 2.05) is 41.1 Å². The first kappa shape index (κ1) is 21.5. The summed E-state index contributed by atoms with van der Waals surface area (Å²) in [6.45, 7) is 3.32. The van der Waals surface area contributed by atoms with Crippen LogP contribution in [0.5, 0.6) is 5.75 Å². The fourth-order valence-corrected chi connectivity index (χ4v) is 2.78. The Bertz CT molecular complexity index is 971. The molecule has 30 heavy (non-hydrogen) atoms. The zero-order valence-electron chi connectivity index (χ0n) is 16.8. The summed E-state index contributed by atoms with van der Waals surface area (Å²) in [5, 5.41) is 6.73. The van der Waals surface area contributed by atoms with E-state index in [0.717, 1.165) is 23.5 Å². The summed E-state index contributed by atoms with van der Waals surface area (Å²) in [6.07, 6.45) is 2.88. The molecule has 0 unspecified atom stereocenters. The number of hydrogen-bond donors (Lipinski definition) is 1. The minimum Gasteiger partial charge on any atom is -0.494 e. The molecule has 6 nitrogen and oxygen atoms in total. The lowest BCUT2D eigenvalue weighted by molar-refractivity contribution is 0.145. The number of nitrogens with zero attached hydrogens (tertiary/aromatic N) is 3. The van der Waals surface area contributed by atoms with E-state index < -0.39 is 6.43 Å². The highest BCUT2D eigenvalue weighted by molar-refractivity contribution is 5.41. The molecule has 3 rings (SSSR count). The molecule has 0 aliphatic carbocycles. The smallest absolute Gasteiger partial charge is 0.250 e. The van der Waals surface area contributed by atoms with Crippen LogP contribution >= 0.6 is 0 Å². The summed E-state index contributed by atoms with van der Waals surface area (Å²) in [6, 6.07) is 9.19. The van der Waals surface area contributed by atoms with Crippen LogP contribution in [0.1, 0.15) is 36.2 Å². The van der Waals surface area contributed by atoms with Gasteiger partial charge in [-0.05, 0) is 43.2 Å². The van der Waals surface area contributed by atoms with Crippen molar-refractivity contribution in [3.8, 4) is 17.6 Å². The molecule has 0 atom stereocenters. The highest BCUT2D eigenvalue weighted by Gasteiger charge is 2.06. The van der Waals surface area contributed by atoms with Crippen LogP contribution in [-0.4, -0.2) is 40.8 Å². The van der Waals surface area contributed by atoms with Crippen LogP contribution in [0.25, 0.3) is 0 Å². The van der Waals surface area contributed by atoms with Crippen molar-refractivity contribution in [2.45, 2.75) is 32.7 Å². The number of aryl methyl sites for hydroxylation is 1. The second-order valence-electron chi connectivity index (χ2n) is 6.58. The molecule has 0 fully saturated rings. The van der Waals surface area contributed by atoms with Crippen LogP contribution in [-0.2, 0) is 13.0 Å². The van der Waals surface area contributed by atoms with Gasteiger partial charge < -0.3 is 19.1 Å². The second kappa shape index (κ2) is 11.1. The van der Waals surface area contributed by atoms with Gasteiger partial charge >= 0.3 is 0 Å². The predicted molar refractivity (Wildman–Crippen MR) is 109 cm³/mol. The first-order valence-electron chi connectivity index (χ1n) is 9.83. The van der Waals surface area contributed by atoms with Crippen LogP contribution in [0.4, 0.5) is 8.78 Å². The van der Waals surface area contributed by atoms with E-state index in [1.165, 1.54) is 0 Å². The number of hydrogen-bond acceptors (Lipinski definition) is 5. The number of nitrogens with one attached hydrogen (secondary N) is 1. The normalized spacial score (nSPS) is 10.8. The first-order valence-corrected chi connectivity index (χ1v) is 9.83. The molecule has 2 aromatic heterocycles. The zero-order valence-corrected chi connectivity index (χ0v) is 16.8. The highest BCUT2D eigenvalue weighted by atomic mass is 19.3. The van der Waals surface area contributed by atoms with E-state index in [1.54, 1.807) is 6.20 Å². The second-order valence-corrected chi connectivity index (χ2v) is 6.58. The number of halogens is 2. The SMILES string of the molecule is CCc1nccn1Cc1cc(C#Cc2ccc(OCCCNCC(F)F)cc2)on1. The molecule has 0 amide bonds. The lowest BCUT2D eigenvalue weighted by Crippen LogP contribution is -2.23. The van der Waals surface area contributed by atoms with Gasteiger partial charge in [0, 0.05) is 30.4 Å². The third-order valence-electron chi connectivity index (χ3n) is 4.26. The molecule has 0 spiro atoms. The molecule has 2 heterocycles. The molecule has 0 radical (unpaired) electrons. The summed E-state index contributed by atoms with van der Waals surface area (Å²) >= 11 is 0. The van der Waals surface area contributed by atoms with E-state index in [4.69, 9.17) is 9.26 Å². The average molecular weight is 414 g/mol. The first-order chi connectivity index (χ1) is 14.6. The number of imidazole rings is 1. The summed E-state index contributed by atoms with van der Waals surface area (Å²) < 4.78 is 36.9. The molecule has 0 aliphatic heterocycles. The molecule has 158 valence electrons. The molecule has 1 aromatic carbocycles. The summed E-state index contributed by atoms with van der Waals surface area (Å²) in [5.74, 6) is 8.22. The van der Waals surface area contributed by atoms with Crippen molar-refractivity contribution >= 4 is 0 Å². The Morgan fingerprint density at radius 3 is 2.83 bits per heavy atom. The molecule has 8 heteroatoms. The molecule has 3 aromatic rings. The summed E-state index contributed by atoms with van der Waals surface area (Å²) in [7, 11) is 0. The topological polar surface area (TPSA) is 65.1 Å². The van der Waals surface area contributed by atoms with E-state index in [-0.39, 0.29) is 6.54 Å². The van der Waals surface area contributed by atoms with Crippen LogP contribution < -0.4 is 10.1 Å². The molecule has 0 saturated carbocycles. The van der Waals surface area contributed by atoms with Gasteiger partial charge in [-0.15, -0.1) is 0 Å². The van der Waals surface area contributed by atoms with Gasteiger partial charge in [0.2, 0.25) is 5.76 Å². The summed E-state index contributed by atoms with van der Waals surface area (Å²) in [4.78, 5) is 4.29. The quantitative estimate of drug-likeness (QED) is 0.406. The zero-order chi connectivity index (χ0) is 21.2. The van der Waals surface area contributed by atoms with Crippen molar-refractivity contribution in [3.05, 3.63) is 65.6 Å². The third kappa shape index (κ3) is 6.71. The van der Waals surface area contributed by atoms with Crippen LogP contribution in [0.3, 0.4) is 0 Å².